The number of nitrogens with zero attached hydrogens (tertiary/aromatic N) is 3. The number of nitriles is 1. The van der Waals surface area contributed by atoms with Crippen LogP contribution in [0.25, 0.3) is 11.0 Å². The van der Waals surface area contributed by atoms with Crippen molar-refractivity contribution in [3.63, 3.8) is 0 Å². The van der Waals surface area contributed by atoms with E-state index in [1.54, 1.807) is 6.33 Å². The Bertz CT molecular complexity index is 1110. The second-order valence-corrected chi connectivity index (χ2v) is 8.80. The zero-order valence-corrected chi connectivity index (χ0v) is 17.2. The van der Waals surface area contributed by atoms with Gasteiger partial charge in [-0.15, -0.1) is 0 Å². The molecule has 3 aromatic rings. The molecule has 2 aliphatic rings. The first kappa shape index (κ1) is 18.9. The first-order valence-electron chi connectivity index (χ1n) is 10.4. The molecule has 1 aromatic carbocycles. The van der Waals surface area contributed by atoms with Crippen molar-refractivity contribution in [2.45, 2.75) is 44.8 Å². The van der Waals surface area contributed by atoms with Crippen molar-refractivity contribution in [3.05, 3.63) is 47.9 Å². The largest absolute Gasteiger partial charge is 0.490 e. The van der Waals surface area contributed by atoms with Gasteiger partial charge in [-0.3, -0.25) is 0 Å². The molecule has 0 bridgehead atoms. The van der Waals surface area contributed by atoms with E-state index < -0.39 is 5.41 Å². The minimum atomic E-state index is -0.566. The Morgan fingerprint density at radius 2 is 2.13 bits per heavy atom. The second kappa shape index (κ2) is 7.29. The van der Waals surface area contributed by atoms with Gasteiger partial charge in [0.25, 0.3) is 0 Å². The van der Waals surface area contributed by atoms with Crippen LogP contribution in [0.3, 0.4) is 0 Å². The minimum Gasteiger partial charge on any atom is -0.490 e. The molecule has 0 spiro atoms. The van der Waals surface area contributed by atoms with Crippen LogP contribution in [-0.2, 0) is 4.74 Å². The Hall–Kier alpha value is -3.11. The highest BCUT2D eigenvalue weighted by Gasteiger charge is 2.34. The zero-order chi connectivity index (χ0) is 20.7. The summed E-state index contributed by atoms with van der Waals surface area (Å²) in [6.07, 6.45) is 3.78. The Morgan fingerprint density at radius 1 is 1.30 bits per heavy atom. The molecule has 7 heteroatoms. The fourth-order valence-electron chi connectivity index (χ4n) is 3.84. The van der Waals surface area contributed by atoms with Gasteiger partial charge in [0.1, 0.15) is 36.3 Å². The van der Waals surface area contributed by atoms with Crippen LogP contribution in [0.4, 0.5) is 5.82 Å². The smallest absolute Gasteiger partial charge is 0.143 e. The number of fused-ring (bicyclic) bond motifs is 2. The van der Waals surface area contributed by atoms with E-state index in [1.807, 2.05) is 38.1 Å². The van der Waals surface area contributed by atoms with Gasteiger partial charge in [-0.2, -0.15) is 5.26 Å². The second-order valence-electron chi connectivity index (χ2n) is 8.80. The van der Waals surface area contributed by atoms with E-state index in [2.05, 4.69) is 32.4 Å². The first-order chi connectivity index (χ1) is 14.5. The number of benzene rings is 1. The maximum absolute atomic E-state index is 9.36. The number of aromatic amines is 1. The Labute approximate surface area is 175 Å². The third-order valence-corrected chi connectivity index (χ3v) is 5.75. The number of aromatic nitrogens is 3. The summed E-state index contributed by atoms with van der Waals surface area (Å²) in [6, 6.07) is 12.3. The lowest BCUT2D eigenvalue weighted by Crippen LogP contribution is -2.39. The molecule has 0 amide bonds. The van der Waals surface area contributed by atoms with Gasteiger partial charge in [0.2, 0.25) is 0 Å². The Balaban J connectivity index is 1.48. The van der Waals surface area contributed by atoms with Gasteiger partial charge in [0.15, 0.2) is 0 Å². The lowest BCUT2D eigenvalue weighted by atomic mass is 9.95. The molecule has 2 aromatic heterocycles. The Kier molecular flexibility index (Phi) is 4.59. The topological polar surface area (TPSA) is 95.8 Å². The summed E-state index contributed by atoms with van der Waals surface area (Å²) in [5, 5.41) is 13.9. The molecule has 7 nitrogen and oxygen atoms in total. The molecule has 0 radical (unpaired) electrons. The minimum absolute atomic E-state index is 0.151. The van der Waals surface area contributed by atoms with Crippen LogP contribution in [0, 0.1) is 16.7 Å². The number of para-hydroxylation sites is 1. The van der Waals surface area contributed by atoms with Crippen molar-refractivity contribution in [1.82, 2.24) is 15.0 Å². The molecule has 1 aliphatic heterocycles. The van der Waals surface area contributed by atoms with Crippen LogP contribution in [0.5, 0.6) is 5.75 Å². The number of hydrogen-bond donors (Lipinski definition) is 2. The van der Waals surface area contributed by atoms with E-state index in [0.29, 0.717) is 19.1 Å². The summed E-state index contributed by atoms with van der Waals surface area (Å²) >= 11 is 0. The number of nitrogens with one attached hydrogen (secondary N) is 2. The van der Waals surface area contributed by atoms with Crippen LogP contribution in [0.15, 0.2) is 36.7 Å². The molecule has 0 saturated heterocycles. The molecule has 5 rings (SSSR count). The van der Waals surface area contributed by atoms with Crippen molar-refractivity contribution >= 4 is 16.9 Å². The van der Waals surface area contributed by atoms with Gasteiger partial charge < -0.3 is 19.8 Å². The van der Waals surface area contributed by atoms with E-state index in [4.69, 9.17) is 9.47 Å². The summed E-state index contributed by atoms with van der Waals surface area (Å²) in [5.41, 5.74) is 2.53. The number of H-pyrrole nitrogens is 1. The molecule has 1 saturated carbocycles. The number of hydrogen-bond acceptors (Lipinski definition) is 6. The maximum Gasteiger partial charge on any atom is 0.143 e. The van der Waals surface area contributed by atoms with Crippen molar-refractivity contribution in [1.29, 1.82) is 5.26 Å². The molecule has 2 atom stereocenters. The summed E-state index contributed by atoms with van der Waals surface area (Å²) < 4.78 is 12.1. The fraction of sp³-hybridized carbons (Fsp3) is 0.435. The van der Waals surface area contributed by atoms with Crippen molar-refractivity contribution in [2.24, 2.45) is 5.41 Å². The molecule has 0 unspecified atom stereocenters. The van der Waals surface area contributed by atoms with E-state index in [0.717, 1.165) is 28.2 Å². The zero-order valence-electron chi connectivity index (χ0n) is 17.2. The molecular formula is C23H25N5O2. The van der Waals surface area contributed by atoms with Crippen molar-refractivity contribution < 1.29 is 9.47 Å². The Morgan fingerprint density at radius 3 is 2.93 bits per heavy atom. The summed E-state index contributed by atoms with van der Waals surface area (Å²) in [4.78, 5) is 12.4. The highest BCUT2D eigenvalue weighted by molar-refractivity contribution is 5.88. The lowest BCUT2D eigenvalue weighted by molar-refractivity contribution is -0.0252. The molecular weight excluding hydrogens is 378 g/mol. The van der Waals surface area contributed by atoms with Gasteiger partial charge in [0, 0.05) is 11.3 Å². The predicted molar refractivity (Wildman–Crippen MR) is 113 cm³/mol. The van der Waals surface area contributed by atoms with E-state index in [1.165, 1.54) is 18.5 Å². The van der Waals surface area contributed by atoms with Crippen molar-refractivity contribution in [3.8, 4) is 11.8 Å². The summed E-state index contributed by atoms with van der Waals surface area (Å²) in [5.74, 6) is 2.23. The average molecular weight is 403 g/mol. The number of anilines is 1. The van der Waals surface area contributed by atoms with E-state index >= 15 is 0 Å². The van der Waals surface area contributed by atoms with Gasteiger partial charge >= 0.3 is 0 Å². The van der Waals surface area contributed by atoms with Gasteiger partial charge in [-0.1, -0.05) is 18.2 Å². The summed E-state index contributed by atoms with van der Waals surface area (Å²) in [6.45, 7) is 4.48. The van der Waals surface area contributed by atoms with Crippen LogP contribution in [-0.4, -0.2) is 34.3 Å². The SMILES string of the molecule is CC(C)(C#N)CO[C@@H]1COc2ccccc2[C@H]1Nc1ncnc2[nH]c(C3CC3)cc12. The number of ether oxygens (including phenoxy) is 2. The molecule has 154 valence electrons. The van der Waals surface area contributed by atoms with Gasteiger partial charge in [-0.25, -0.2) is 9.97 Å². The summed E-state index contributed by atoms with van der Waals surface area (Å²) in [7, 11) is 0. The van der Waals surface area contributed by atoms with Crippen LogP contribution in [0.1, 0.15) is 49.9 Å². The van der Waals surface area contributed by atoms with Crippen molar-refractivity contribution in [2.75, 3.05) is 18.5 Å². The molecule has 30 heavy (non-hydrogen) atoms. The fourth-order valence-corrected chi connectivity index (χ4v) is 3.84. The normalized spacial score (nSPS) is 21.0. The monoisotopic (exact) mass is 403 g/mol. The highest BCUT2D eigenvalue weighted by Crippen LogP contribution is 2.42. The highest BCUT2D eigenvalue weighted by atomic mass is 16.5. The van der Waals surface area contributed by atoms with Gasteiger partial charge in [0.05, 0.1) is 29.5 Å². The third kappa shape index (κ3) is 3.59. The standard InChI is InChI=1S/C23H25N5O2/c1-23(2,11-24)12-30-19-10-29-18-6-4-3-5-15(18)20(19)28-22-16-9-17(14-7-8-14)27-21(16)25-13-26-22/h3-6,9,13-14,19-20H,7-8,10,12H2,1-2H3,(H2,25,26,27,28)/t19-,20-/m1/s1. The first-order valence-corrected chi connectivity index (χ1v) is 10.4. The van der Waals surface area contributed by atoms with Crippen LogP contribution < -0.4 is 10.1 Å². The predicted octanol–water partition coefficient (Wildman–Crippen LogP) is 4.32. The van der Waals surface area contributed by atoms with E-state index in [-0.39, 0.29) is 12.1 Å². The van der Waals surface area contributed by atoms with E-state index in [9.17, 15) is 5.26 Å². The molecule has 3 heterocycles. The molecule has 1 fully saturated rings. The lowest BCUT2D eigenvalue weighted by Gasteiger charge is -2.35. The van der Waals surface area contributed by atoms with Crippen LogP contribution >= 0.6 is 0 Å². The average Bonchev–Trinajstić information content (AvgIpc) is 3.52. The van der Waals surface area contributed by atoms with Crippen LogP contribution in [0.2, 0.25) is 0 Å². The quantitative estimate of drug-likeness (QED) is 0.636. The van der Waals surface area contributed by atoms with Gasteiger partial charge in [-0.05, 0) is 44.7 Å². The molecule has 2 N–H and O–H groups in total. The maximum atomic E-state index is 9.36. The molecule has 1 aliphatic carbocycles. The number of rotatable bonds is 6. The third-order valence-electron chi connectivity index (χ3n) is 5.75.